The molecule has 0 saturated carbocycles. The molecule has 15 heavy (non-hydrogen) atoms. The van der Waals surface area contributed by atoms with E-state index in [9.17, 15) is 9.59 Å². The van der Waals surface area contributed by atoms with Crippen molar-refractivity contribution < 1.29 is 14.7 Å². The van der Waals surface area contributed by atoms with E-state index in [2.05, 4.69) is 20.5 Å². The van der Waals surface area contributed by atoms with Gasteiger partial charge in [-0.25, -0.2) is 4.79 Å². The lowest BCUT2D eigenvalue weighted by molar-refractivity contribution is -0.147. The number of hydrogen-bond donors (Lipinski definition) is 3. The van der Waals surface area contributed by atoms with Gasteiger partial charge in [0.1, 0.15) is 0 Å². The molecule has 0 bridgehead atoms. The molecule has 0 saturated heterocycles. The van der Waals surface area contributed by atoms with Gasteiger partial charge in [0, 0.05) is 5.39 Å². The number of carboxylic acids is 1. The third-order valence-electron chi connectivity index (χ3n) is 1.81. The minimum Gasteiger partial charge on any atom is -0.474 e. The average Bonchev–Trinajstić information content (AvgIpc) is 2.66. The predicted molar refractivity (Wildman–Crippen MR) is 50.2 cm³/mol. The highest BCUT2D eigenvalue weighted by atomic mass is 16.4. The Kier molecular flexibility index (Phi) is 2.05. The van der Waals surface area contributed by atoms with Gasteiger partial charge in [0.2, 0.25) is 0 Å². The van der Waals surface area contributed by atoms with Gasteiger partial charge in [0.15, 0.2) is 0 Å². The van der Waals surface area contributed by atoms with Crippen LogP contribution in [-0.2, 0) is 9.59 Å². The largest absolute Gasteiger partial charge is 0.474 e. The third kappa shape index (κ3) is 1.62. The molecule has 2 rings (SSSR count). The average molecular weight is 206 g/mol. The number of hydrogen-bond acceptors (Lipinski definition) is 4. The Labute approximate surface area is 83.1 Å². The van der Waals surface area contributed by atoms with Gasteiger partial charge >= 0.3 is 11.9 Å². The smallest absolute Gasteiger partial charge is 0.394 e. The van der Waals surface area contributed by atoms with Gasteiger partial charge in [-0.05, 0) is 0 Å². The summed E-state index contributed by atoms with van der Waals surface area (Å²) >= 11 is 0. The first-order chi connectivity index (χ1) is 7.18. The summed E-state index contributed by atoms with van der Waals surface area (Å²) in [6.07, 6.45) is 4.37. The number of carbonyl (C=O) groups is 2. The van der Waals surface area contributed by atoms with Crippen LogP contribution in [0.3, 0.4) is 0 Å². The number of aliphatic carboxylic acids is 1. The lowest BCUT2D eigenvalue weighted by atomic mass is 10.3. The molecule has 0 aliphatic rings. The molecule has 2 aromatic heterocycles. The number of nitrogens with zero attached hydrogens (tertiary/aromatic N) is 2. The van der Waals surface area contributed by atoms with Gasteiger partial charge in [-0.15, -0.1) is 0 Å². The van der Waals surface area contributed by atoms with Crippen molar-refractivity contribution in [3.05, 3.63) is 18.6 Å². The van der Waals surface area contributed by atoms with Gasteiger partial charge in [-0.3, -0.25) is 14.9 Å². The van der Waals surface area contributed by atoms with E-state index in [1.165, 1.54) is 18.6 Å². The van der Waals surface area contributed by atoms with Crippen LogP contribution in [0.4, 0.5) is 5.69 Å². The fourth-order valence-electron chi connectivity index (χ4n) is 1.14. The molecule has 0 aromatic carbocycles. The molecule has 2 heterocycles. The quantitative estimate of drug-likeness (QED) is 0.568. The number of carboxylic acid groups (broad SMARTS) is 1. The van der Waals surface area contributed by atoms with Gasteiger partial charge in [0.25, 0.3) is 0 Å². The molecule has 7 nitrogen and oxygen atoms in total. The number of rotatable bonds is 1. The van der Waals surface area contributed by atoms with E-state index in [4.69, 9.17) is 5.11 Å². The second-order valence-electron chi connectivity index (χ2n) is 2.78. The van der Waals surface area contributed by atoms with E-state index in [1.54, 1.807) is 0 Å². The van der Waals surface area contributed by atoms with E-state index in [0.717, 1.165) is 0 Å². The molecule has 0 fully saturated rings. The number of amides is 1. The van der Waals surface area contributed by atoms with Crippen molar-refractivity contribution in [3.63, 3.8) is 0 Å². The summed E-state index contributed by atoms with van der Waals surface area (Å²) in [5.41, 5.74) is 0.937. The number of anilines is 1. The van der Waals surface area contributed by atoms with Crippen LogP contribution in [-0.4, -0.2) is 32.2 Å². The molecule has 1 amide bonds. The number of fused-ring (bicyclic) bond motifs is 1. The Balaban J connectivity index is 2.39. The Morgan fingerprint density at radius 3 is 2.87 bits per heavy atom. The van der Waals surface area contributed by atoms with Crippen molar-refractivity contribution in [3.8, 4) is 0 Å². The van der Waals surface area contributed by atoms with Crippen molar-refractivity contribution in [1.82, 2.24) is 15.2 Å². The van der Waals surface area contributed by atoms with Crippen molar-refractivity contribution in [2.45, 2.75) is 0 Å². The number of pyridine rings is 1. The zero-order chi connectivity index (χ0) is 10.8. The van der Waals surface area contributed by atoms with Crippen molar-refractivity contribution in [1.29, 1.82) is 0 Å². The first-order valence-electron chi connectivity index (χ1n) is 4.00. The lowest BCUT2D eigenvalue weighted by Gasteiger charge is -2.01. The molecule has 0 radical (unpaired) electrons. The van der Waals surface area contributed by atoms with Crippen molar-refractivity contribution in [2.24, 2.45) is 0 Å². The van der Waals surface area contributed by atoms with E-state index in [1.807, 2.05) is 0 Å². The Bertz CT molecular complexity index is 533. The Morgan fingerprint density at radius 2 is 2.13 bits per heavy atom. The predicted octanol–water partition coefficient (Wildman–Crippen LogP) is -0.0190. The molecule has 2 aromatic rings. The molecule has 0 atom stereocenters. The number of carbonyl (C=O) groups excluding carboxylic acids is 1. The zero-order valence-electron chi connectivity index (χ0n) is 7.39. The minimum atomic E-state index is -1.55. The third-order valence-corrected chi connectivity index (χ3v) is 1.81. The number of H-pyrrole nitrogens is 1. The lowest BCUT2D eigenvalue weighted by Crippen LogP contribution is -2.21. The van der Waals surface area contributed by atoms with Gasteiger partial charge in [-0.2, -0.15) is 5.10 Å². The number of nitrogens with one attached hydrogen (secondary N) is 2. The van der Waals surface area contributed by atoms with E-state index in [0.29, 0.717) is 16.6 Å². The molecule has 0 unspecified atom stereocenters. The highest BCUT2D eigenvalue weighted by Crippen LogP contribution is 2.18. The van der Waals surface area contributed by atoms with Crippen LogP contribution in [0.25, 0.3) is 10.9 Å². The monoisotopic (exact) mass is 206 g/mol. The first kappa shape index (κ1) is 9.13. The molecular formula is C8H6N4O3. The molecule has 0 spiro atoms. The van der Waals surface area contributed by atoms with E-state index < -0.39 is 11.9 Å². The van der Waals surface area contributed by atoms with Crippen molar-refractivity contribution >= 4 is 28.5 Å². The fraction of sp³-hybridized carbons (Fsp3) is 0. The SMILES string of the molecule is O=C(O)C(=O)Nc1cncc2[nH]ncc12. The standard InChI is InChI=1S/C8H6N4O3/c13-7(8(14)15)11-5-2-9-3-6-4(5)1-10-12-6/h1-3H,(H,10,12)(H,11,13)(H,14,15). The summed E-state index contributed by atoms with van der Waals surface area (Å²) in [7, 11) is 0. The summed E-state index contributed by atoms with van der Waals surface area (Å²) < 4.78 is 0. The molecule has 0 aliphatic heterocycles. The molecule has 3 N–H and O–H groups in total. The first-order valence-corrected chi connectivity index (χ1v) is 4.00. The van der Waals surface area contributed by atoms with Crippen LogP contribution < -0.4 is 5.32 Å². The van der Waals surface area contributed by atoms with Crippen LogP contribution in [0.5, 0.6) is 0 Å². The highest BCUT2D eigenvalue weighted by Gasteiger charge is 2.13. The summed E-state index contributed by atoms with van der Waals surface area (Å²) in [5, 5.41) is 17.6. The maximum absolute atomic E-state index is 10.9. The minimum absolute atomic E-state index is 0.314. The van der Waals surface area contributed by atoms with Crippen LogP contribution in [0.15, 0.2) is 18.6 Å². The molecule has 0 aliphatic carbocycles. The highest BCUT2D eigenvalue weighted by molar-refractivity contribution is 6.37. The fourth-order valence-corrected chi connectivity index (χ4v) is 1.14. The Hall–Kier alpha value is -2.44. The summed E-state index contributed by atoms with van der Waals surface area (Å²) in [6.45, 7) is 0. The van der Waals surface area contributed by atoms with Gasteiger partial charge < -0.3 is 10.4 Å². The maximum atomic E-state index is 10.9. The normalized spacial score (nSPS) is 10.1. The van der Waals surface area contributed by atoms with Crippen LogP contribution in [0, 0.1) is 0 Å². The van der Waals surface area contributed by atoms with Crippen LogP contribution in [0.2, 0.25) is 0 Å². The number of aromatic nitrogens is 3. The molecule has 76 valence electrons. The van der Waals surface area contributed by atoms with Gasteiger partial charge in [-0.1, -0.05) is 0 Å². The summed E-state index contributed by atoms with van der Waals surface area (Å²) in [6, 6.07) is 0. The van der Waals surface area contributed by atoms with Crippen LogP contribution >= 0.6 is 0 Å². The number of aromatic amines is 1. The van der Waals surface area contributed by atoms with Gasteiger partial charge in [0.05, 0.1) is 29.8 Å². The molecular weight excluding hydrogens is 200 g/mol. The molecule has 7 heteroatoms. The summed E-state index contributed by atoms with van der Waals surface area (Å²) in [5.74, 6) is -2.65. The zero-order valence-corrected chi connectivity index (χ0v) is 7.39. The van der Waals surface area contributed by atoms with Crippen LogP contribution in [0.1, 0.15) is 0 Å². The maximum Gasteiger partial charge on any atom is 0.394 e. The second-order valence-corrected chi connectivity index (χ2v) is 2.78. The Morgan fingerprint density at radius 1 is 1.33 bits per heavy atom. The van der Waals surface area contributed by atoms with E-state index in [-0.39, 0.29) is 0 Å². The second kappa shape index (κ2) is 3.37. The topological polar surface area (TPSA) is 108 Å². The van der Waals surface area contributed by atoms with Crippen molar-refractivity contribution in [2.75, 3.05) is 5.32 Å². The summed E-state index contributed by atoms with van der Waals surface area (Å²) in [4.78, 5) is 25.0. The van der Waals surface area contributed by atoms with E-state index >= 15 is 0 Å².